The molecule has 3 rings (SSSR count). The van der Waals surface area contributed by atoms with E-state index >= 15 is 0 Å². The van der Waals surface area contributed by atoms with Crippen LogP contribution in [-0.2, 0) is 0 Å². The predicted octanol–water partition coefficient (Wildman–Crippen LogP) is 4.88. The second kappa shape index (κ2) is 8.34. The molecule has 4 nitrogen and oxygen atoms in total. The molecule has 6 heteroatoms. The molecule has 0 aliphatic rings. The zero-order chi connectivity index (χ0) is 17.5. The van der Waals surface area contributed by atoms with Gasteiger partial charge in [-0.05, 0) is 48.0 Å². The van der Waals surface area contributed by atoms with Crippen molar-refractivity contribution in [1.82, 2.24) is 4.98 Å². The highest BCUT2D eigenvalue weighted by Crippen LogP contribution is 2.23. The fraction of sp³-hybridized carbons (Fsp3) is 0. The molecule has 0 aliphatic carbocycles. The Balaban J connectivity index is 0.000000198. The lowest BCUT2D eigenvalue weighted by atomic mass is 10.1. The summed E-state index contributed by atoms with van der Waals surface area (Å²) in [4.78, 5) is 15.0. The number of rotatable bonds is 2. The Labute approximate surface area is 148 Å². The van der Waals surface area contributed by atoms with Crippen LogP contribution in [0.15, 0.2) is 66.9 Å². The monoisotopic (exact) mass is 361 g/mol. The highest BCUT2D eigenvalue weighted by Gasteiger charge is 2.02. The van der Waals surface area contributed by atoms with Crippen LogP contribution in [0.2, 0.25) is 5.02 Å². The Hall–Kier alpha value is -2.56. The fourth-order valence-electron chi connectivity index (χ4n) is 1.86. The minimum atomic E-state index is -0.442. The van der Waals surface area contributed by atoms with Gasteiger partial charge in [0.15, 0.2) is 0 Å². The number of carbonyl (C=O) groups excluding carboxylic acids is 1. The zero-order valence-corrected chi connectivity index (χ0v) is 13.9. The van der Waals surface area contributed by atoms with Gasteiger partial charge in [-0.1, -0.05) is 29.8 Å². The first-order valence-corrected chi connectivity index (χ1v) is 7.61. The quantitative estimate of drug-likeness (QED) is 0.638. The number of hydrogen-bond donors (Lipinski definition) is 2. The summed E-state index contributed by atoms with van der Waals surface area (Å²) in [6.07, 6.45) is 1.73. The number of aromatic nitrogens is 1. The first-order valence-electron chi connectivity index (χ1n) is 6.85. The predicted molar refractivity (Wildman–Crippen MR) is 94.6 cm³/mol. The number of phenolic OH excluding ortho intramolecular Hbond substituents is 2. The minimum Gasteiger partial charge on any atom is -0.508 e. The van der Waals surface area contributed by atoms with E-state index in [0.717, 1.165) is 11.3 Å². The van der Waals surface area contributed by atoms with E-state index in [4.69, 9.17) is 33.4 Å². The van der Waals surface area contributed by atoms with Gasteiger partial charge in [0, 0.05) is 28.4 Å². The van der Waals surface area contributed by atoms with Crippen molar-refractivity contribution in [3.8, 4) is 22.8 Å². The van der Waals surface area contributed by atoms with Gasteiger partial charge in [-0.2, -0.15) is 0 Å². The van der Waals surface area contributed by atoms with Crippen molar-refractivity contribution in [3.63, 3.8) is 0 Å². The van der Waals surface area contributed by atoms with Gasteiger partial charge in [-0.25, -0.2) is 0 Å². The fourth-order valence-corrected chi connectivity index (χ4v) is 2.21. The molecule has 0 radical (unpaired) electrons. The van der Waals surface area contributed by atoms with Crippen LogP contribution in [0, 0.1) is 0 Å². The lowest BCUT2D eigenvalue weighted by molar-refractivity contribution is 0.108. The summed E-state index contributed by atoms with van der Waals surface area (Å²) in [5, 5.41) is 17.4. The summed E-state index contributed by atoms with van der Waals surface area (Å²) in [6.45, 7) is 0. The summed E-state index contributed by atoms with van der Waals surface area (Å²) in [7, 11) is 0. The van der Waals surface area contributed by atoms with E-state index in [2.05, 4.69) is 4.98 Å². The number of nitrogens with zero attached hydrogens (tertiary/aromatic N) is 1. The van der Waals surface area contributed by atoms with Gasteiger partial charge in [-0.3, -0.25) is 9.78 Å². The molecule has 122 valence electrons. The van der Waals surface area contributed by atoms with Crippen LogP contribution in [0.4, 0.5) is 0 Å². The van der Waals surface area contributed by atoms with Crippen molar-refractivity contribution in [2.24, 2.45) is 0 Å². The van der Waals surface area contributed by atoms with Crippen molar-refractivity contribution < 1.29 is 15.0 Å². The highest BCUT2D eigenvalue weighted by molar-refractivity contribution is 6.67. The van der Waals surface area contributed by atoms with Crippen LogP contribution in [0.1, 0.15) is 10.4 Å². The summed E-state index contributed by atoms with van der Waals surface area (Å²) in [6, 6.07) is 16.7. The van der Waals surface area contributed by atoms with Crippen molar-refractivity contribution in [3.05, 3.63) is 77.4 Å². The second-order valence-corrected chi connectivity index (χ2v) is 5.51. The molecule has 2 N–H and O–H groups in total. The van der Waals surface area contributed by atoms with Gasteiger partial charge < -0.3 is 10.2 Å². The Morgan fingerprint density at radius 3 is 2.00 bits per heavy atom. The van der Waals surface area contributed by atoms with Crippen LogP contribution >= 0.6 is 23.2 Å². The Bertz CT molecular complexity index is 771. The molecule has 3 aromatic rings. The maximum atomic E-state index is 10.8. The van der Waals surface area contributed by atoms with E-state index in [9.17, 15) is 4.79 Å². The van der Waals surface area contributed by atoms with Gasteiger partial charge in [0.25, 0.3) is 5.24 Å². The third-order valence-corrected chi connectivity index (χ3v) is 3.38. The van der Waals surface area contributed by atoms with E-state index < -0.39 is 5.24 Å². The van der Waals surface area contributed by atoms with Gasteiger partial charge in [0.05, 0.1) is 5.69 Å². The lowest BCUT2D eigenvalue weighted by Gasteiger charge is -2.00. The van der Waals surface area contributed by atoms with E-state index in [1.807, 2.05) is 30.3 Å². The summed E-state index contributed by atoms with van der Waals surface area (Å²) >= 11 is 10.8. The Morgan fingerprint density at radius 1 is 0.917 bits per heavy atom. The van der Waals surface area contributed by atoms with Crippen molar-refractivity contribution >= 4 is 28.4 Å². The normalized spacial score (nSPS) is 9.75. The number of phenols is 2. The van der Waals surface area contributed by atoms with Crippen LogP contribution < -0.4 is 0 Å². The molecule has 1 heterocycles. The maximum absolute atomic E-state index is 10.8. The maximum Gasteiger partial charge on any atom is 0.252 e. The molecule has 2 aromatic carbocycles. The molecule has 0 amide bonds. The minimum absolute atomic E-state index is 0.0278. The number of aromatic hydroxyl groups is 2. The third-order valence-electron chi connectivity index (χ3n) is 2.94. The number of pyridine rings is 1. The largest absolute Gasteiger partial charge is 0.508 e. The van der Waals surface area contributed by atoms with E-state index in [0.29, 0.717) is 10.6 Å². The number of hydrogen-bond acceptors (Lipinski definition) is 4. The van der Waals surface area contributed by atoms with Crippen LogP contribution in [0.5, 0.6) is 11.5 Å². The van der Waals surface area contributed by atoms with Crippen molar-refractivity contribution in [2.45, 2.75) is 0 Å². The summed E-state index contributed by atoms with van der Waals surface area (Å²) in [5.41, 5.74) is 2.35. The smallest absolute Gasteiger partial charge is 0.252 e. The van der Waals surface area contributed by atoms with E-state index in [-0.39, 0.29) is 11.5 Å². The zero-order valence-electron chi connectivity index (χ0n) is 12.4. The number of benzene rings is 2. The molecular weight excluding hydrogens is 349 g/mol. The molecule has 24 heavy (non-hydrogen) atoms. The second-order valence-electron chi connectivity index (χ2n) is 4.73. The Kier molecular flexibility index (Phi) is 6.18. The lowest BCUT2D eigenvalue weighted by Crippen LogP contribution is -1.88. The standard InChI is InChI=1S/C12H8ClNO.C6H5ClO2/c13-12(15)10-6-4-9(5-7-10)11-3-1-2-8-14-11;7-4-1-5(8)3-6(9)2-4/h1-8H;1-3,8-9H. The van der Waals surface area contributed by atoms with Crippen LogP contribution in [0.3, 0.4) is 0 Å². The van der Waals surface area contributed by atoms with Gasteiger partial charge in [0.2, 0.25) is 0 Å². The summed E-state index contributed by atoms with van der Waals surface area (Å²) < 4.78 is 0. The molecule has 0 spiro atoms. The van der Waals surface area contributed by atoms with Gasteiger partial charge in [-0.15, -0.1) is 0 Å². The van der Waals surface area contributed by atoms with Crippen LogP contribution in [-0.4, -0.2) is 20.4 Å². The third kappa shape index (κ3) is 5.26. The summed E-state index contributed by atoms with van der Waals surface area (Å²) in [5.74, 6) is -0.0556. The van der Waals surface area contributed by atoms with Crippen molar-refractivity contribution in [1.29, 1.82) is 0 Å². The molecule has 0 bridgehead atoms. The molecule has 0 saturated carbocycles. The van der Waals surface area contributed by atoms with E-state index in [1.165, 1.54) is 18.2 Å². The average molecular weight is 362 g/mol. The topological polar surface area (TPSA) is 70.4 Å². The Morgan fingerprint density at radius 2 is 1.54 bits per heavy atom. The molecular formula is C18H13Cl2NO3. The SMILES string of the molecule is O=C(Cl)c1ccc(-c2ccccn2)cc1.Oc1cc(O)cc(Cl)c1. The molecule has 0 unspecified atom stereocenters. The molecule has 0 atom stereocenters. The van der Waals surface area contributed by atoms with Gasteiger partial charge >= 0.3 is 0 Å². The highest BCUT2D eigenvalue weighted by atomic mass is 35.5. The molecule has 0 saturated heterocycles. The molecule has 1 aromatic heterocycles. The molecule has 0 fully saturated rings. The average Bonchev–Trinajstić information content (AvgIpc) is 2.55. The first-order chi connectivity index (χ1) is 11.5. The van der Waals surface area contributed by atoms with E-state index in [1.54, 1.807) is 18.3 Å². The van der Waals surface area contributed by atoms with Crippen molar-refractivity contribution in [2.75, 3.05) is 0 Å². The number of carbonyl (C=O) groups is 1. The van der Waals surface area contributed by atoms with Crippen LogP contribution in [0.25, 0.3) is 11.3 Å². The number of halogens is 2. The first kappa shape index (κ1) is 17.8. The van der Waals surface area contributed by atoms with Gasteiger partial charge in [0.1, 0.15) is 11.5 Å². The molecule has 0 aliphatic heterocycles.